The summed E-state index contributed by atoms with van der Waals surface area (Å²) in [6.45, 7) is 0.215. The Hall–Kier alpha value is -1.82. The summed E-state index contributed by atoms with van der Waals surface area (Å²) in [5.74, 6) is -0.0212. The molecule has 3 N–H and O–H groups in total. The third kappa shape index (κ3) is 2.63. The lowest BCUT2D eigenvalue weighted by molar-refractivity contribution is -0.122. The molecule has 2 heterocycles. The standard InChI is InChI=1S/C13H16N4OS/c14-9-6-15-17(7-9)8-13(18)16-11-2-1-3-12-10(11)4-5-19-12/h4-7,11H,1-3,8,14H2,(H,16,18). The molecule has 2 aromatic heterocycles. The van der Waals surface area contributed by atoms with Gasteiger partial charge in [0.2, 0.25) is 5.91 Å². The molecule has 0 fully saturated rings. The minimum absolute atomic E-state index is 0.0212. The first-order valence-electron chi connectivity index (χ1n) is 6.36. The molecule has 6 heteroatoms. The number of carbonyl (C=O) groups excluding carboxylic acids is 1. The Morgan fingerprint density at radius 3 is 3.32 bits per heavy atom. The van der Waals surface area contributed by atoms with Crippen LogP contribution in [0.25, 0.3) is 0 Å². The van der Waals surface area contributed by atoms with Crippen molar-refractivity contribution in [2.75, 3.05) is 5.73 Å². The van der Waals surface area contributed by atoms with E-state index in [1.165, 1.54) is 10.4 Å². The van der Waals surface area contributed by atoms with Crippen molar-refractivity contribution in [3.8, 4) is 0 Å². The van der Waals surface area contributed by atoms with Crippen molar-refractivity contribution in [1.29, 1.82) is 0 Å². The molecule has 5 nitrogen and oxygen atoms in total. The van der Waals surface area contributed by atoms with Gasteiger partial charge in [0, 0.05) is 11.1 Å². The maximum atomic E-state index is 12.0. The summed E-state index contributed by atoms with van der Waals surface area (Å²) in [5.41, 5.74) is 7.43. The number of rotatable bonds is 3. The topological polar surface area (TPSA) is 72.9 Å². The lowest BCUT2D eigenvalue weighted by Gasteiger charge is -2.23. The van der Waals surface area contributed by atoms with Gasteiger partial charge < -0.3 is 11.1 Å². The van der Waals surface area contributed by atoms with E-state index < -0.39 is 0 Å². The molecule has 0 radical (unpaired) electrons. The normalized spacial score (nSPS) is 18.0. The van der Waals surface area contributed by atoms with Crippen LogP contribution in [-0.4, -0.2) is 15.7 Å². The molecule has 1 aliphatic carbocycles. The van der Waals surface area contributed by atoms with Crippen LogP contribution in [0.1, 0.15) is 29.3 Å². The molecule has 0 aliphatic heterocycles. The predicted molar refractivity (Wildman–Crippen MR) is 74.8 cm³/mol. The highest BCUT2D eigenvalue weighted by Crippen LogP contribution is 2.33. The molecular formula is C13H16N4OS. The van der Waals surface area contributed by atoms with E-state index in [0.717, 1.165) is 19.3 Å². The minimum Gasteiger partial charge on any atom is -0.396 e. The lowest BCUT2D eigenvalue weighted by Crippen LogP contribution is -2.33. The van der Waals surface area contributed by atoms with Crippen LogP contribution in [0.4, 0.5) is 5.69 Å². The first kappa shape index (κ1) is 12.2. The second-order valence-corrected chi connectivity index (χ2v) is 5.78. The SMILES string of the molecule is Nc1cnn(CC(=O)NC2CCCc3sccc32)c1. The second kappa shape index (κ2) is 5.05. The van der Waals surface area contributed by atoms with E-state index in [4.69, 9.17) is 5.73 Å². The highest BCUT2D eigenvalue weighted by Gasteiger charge is 2.22. The molecule has 100 valence electrons. The Bertz CT molecular complexity index is 589. The zero-order valence-electron chi connectivity index (χ0n) is 10.5. The molecule has 19 heavy (non-hydrogen) atoms. The van der Waals surface area contributed by atoms with E-state index in [-0.39, 0.29) is 18.5 Å². The zero-order valence-corrected chi connectivity index (χ0v) is 11.3. The van der Waals surface area contributed by atoms with Crippen LogP contribution in [0.15, 0.2) is 23.8 Å². The summed E-state index contributed by atoms with van der Waals surface area (Å²) in [6.07, 6.45) is 6.49. The Labute approximate surface area is 115 Å². The van der Waals surface area contributed by atoms with E-state index >= 15 is 0 Å². The molecule has 1 atom stereocenters. The van der Waals surface area contributed by atoms with Crippen LogP contribution in [-0.2, 0) is 17.8 Å². The molecule has 0 saturated carbocycles. The Morgan fingerprint density at radius 2 is 2.53 bits per heavy atom. The molecular weight excluding hydrogens is 260 g/mol. The van der Waals surface area contributed by atoms with E-state index in [2.05, 4.69) is 21.9 Å². The van der Waals surface area contributed by atoms with Gasteiger partial charge in [-0.2, -0.15) is 5.10 Å². The van der Waals surface area contributed by atoms with Crippen molar-refractivity contribution in [3.05, 3.63) is 34.3 Å². The van der Waals surface area contributed by atoms with Crippen LogP contribution in [0, 0.1) is 0 Å². The number of nitrogens with two attached hydrogens (primary N) is 1. The zero-order chi connectivity index (χ0) is 13.2. The van der Waals surface area contributed by atoms with E-state index in [9.17, 15) is 4.79 Å². The van der Waals surface area contributed by atoms with Crippen molar-refractivity contribution < 1.29 is 4.79 Å². The lowest BCUT2D eigenvalue weighted by atomic mass is 9.94. The second-order valence-electron chi connectivity index (χ2n) is 4.78. The summed E-state index contributed by atoms with van der Waals surface area (Å²) in [6, 6.07) is 2.27. The molecule has 1 aliphatic rings. The van der Waals surface area contributed by atoms with Gasteiger partial charge in [-0.05, 0) is 36.3 Å². The van der Waals surface area contributed by atoms with E-state index in [1.54, 1.807) is 28.4 Å². The average molecular weight is 276 g/mol. The van der Waals surface area contributed by atoms with Crippen LogP contribution in [0.5, 0.6) is 0 Å². The summed E-state index contributed by atoms with van der Waals surface area (Å²) < 4.78 is 1.56. The minimum atomic E-state index is -0.0212. The molecule has 0 aromatic carbocycles. The first-order chi connectivity index (χ1) is 9.22. The van der Waals surface area contributed by atoms with Crippen LogP contribution in [0.2, 0.25) is 0 Å². The number of anilines is 1. The van der Waals surface area contributed by atoms with Gasteiger partial charge in [0.25, 0.3) is 0 Å². The van der Waals surface area contributed by atoms with Gasteiger partial charge in [0.15, 0.2) is 0 Å². The Morgan fingerprint density at radius 1 is 1.63 bits per heavy atom. The van der Waals surface area contributed by atoms with Gasteiger partial charge in [0.1, 0.15) is 6.54 Å². The number of nitrogen functional groups attached to an aromatic ring is 1. The molecule has 3 rings (SSSR count). The predicted octanol–water partition coefficient (Wildman–Crippen LogP) is 1.72. The van der Waals surface area contributed by atoms with Crippen LogP contribution in [0.3, 0.4) is 0 Å². The monoisotopic (exact) mass is 276 g/mol. The van der Waals surface area contributed by atoms with Crippen molar-refractivity contribution in [1.82, 2.24) is 15.1 Å². The molecule has 0 saturated heterocycles. The summed E-state index contributed by atoms with van der Waals surface area (Å²) in [5, 5.41) is 9.20. The number of hydrogen-bond acceptors (Lipinski definition) is 4. The number of hydrogen-bond donors (Lipinski definition) is 2. The van der Waals surface area contributed by atoms with Crippen LogP contribution < -0.4 is 11.1 Å². The van der Waals surface area contributed by atoms with Gasteiger partial charge in [0.05, 0.1) is 17.9 Å². The van der Waals surface area contributed by atoms with Crippen molar-refractivity contribution in [2.45, 2.75) is 31.8 Å². The number of fused-ring (bicyclic) bond motifs is 1. The van der Waals surface area contributed by atoms with E-state index in [1.807, 2.05) is 0 Å². The van der Waals surface area contributed by atoms with Gasteiger partial charge in [-0.1, -0.05) is 0 Å². The largest absolute Gasteiger partial charge is 0.396 e. The van der Waals surface area contributed by atoms with Crippen molar-refractivity contribution in [3.63, 3.8) is 0 Å². The number of amides is 1. The number of nitrogens with zero attached hydrogens (tertiary/aromatic N) is 2. The van der Waals surface area contributed by atoms with Gasteiger partial charge in [-0.3, -0.25) is 9.48 Å². The highest BCUT2D eigenvalue weighted by molar-refractivity contribution is 7.10. The summed E-state index contributed by atoms with van der Waals surface area (Å²) in [4.78, 5) is 13.4. The van der Waals surface area contributed by atoms with Crippen molar-refractivity contribution in [2.24, 2.45) is 0 Å². The molecule has 1 unspecified atom stereocenters. The fourth-order valence-electron chi connectivity index (χ4n) is 2.49. The fraction of sp³-hybridized carbons (Fsp3) is 0.385. The van der Waals surface area contributed by atoms with E-state index in [0.29, 0.717) is 5.69 Å². The Kier molecular flexibility index (Phi) is 3.25. The third-order valence-electron chi connectivity index (χ3n) is 3.35. The number of carbonyl (C=O) groups is 1. The van der Waals surface area contributed by atoms with Gasteiger partial charge in [-0.15, -0.1) is 11.3 Å². The summed E-state index contributed by atoms with van der Waals surface area (Å²) >= 11 is 1.78. The molecule has 0 bridgehead atoms. The smallest absolute Gasteiger partial charge is 0.242 e. The maximum absolute atomic E-state index is 12.0. The number of nitrogens with one attached hydrogen (secondary N) is 1. The van der Waals surface area contributed by atoms with Gasteiger partial charge >= 0.3 is 0 Å². The fourth-order valence-corrected chi connectivity index (χ4v) is 3.48. The van der Waals surface area contributed by atoms with Crippen LogP contribution >= 0.6 is 11.3 Å². The number of thiophene rings is 1. The molecule has 1 amide bonds. The Balaban J connectivity index is 1.65. The highest BCUT2D eigenvalue weighted by atomic mass is 32.1. The van der Waals surface area contributed by atoms with Gasteiger partial charge in [-0.25, -0.2) is 0 Å². The average Bonchev–Trinajstić information content (AvgIpc) is 2.98. The third-order valence-corrected chi connectivity index (χ3v) is 4.34. The van der Waals surface area contributed by atoms with Crippen molar-refractivity contribution >= 4 is 22.9 Å². The summed E-state index contributed by atoms with van der Waals surface area (Å²) in [7, 11) is 0. The number of aromatic nitrogens is 2. The first-order valence-corrected chi connectivity index (χ1v) is 7.24. The maximum Gasteiger partial charge on any atom is 0.242 e. The number of aryl methyl sites for hydroxylation is 1. The molecule has 0 spiro atoms. The quantitative estimate of drug-likeness (QED) is 0.896. The molecule has 2 aromatic rings.